The average molecular weight is 334 g/mol. The highest BCUT2D eigenvalue weighted by Gasteiger charge is 2.44. The van der Waals surface area contributed by atoms with Gasteiger partial charge in [0.05, 0.1) is 24.5 Å². The molecule has 1 fully saturated rings. The molecule has 1 unspecified atom stereocenters. The van der Waals surface area contributed by atoms with E-state index in [4.69, 9.17) is 4.99 Å². The van der Waals surface area contributed by atoms with E-state index in [0.717, 1.165) is 38.1 Å². The van der Waals surface area contributed by atoms with Gasteiger partial charge in [0.15, 0.2) is 6.29 Å². The summed E-state index contributed by atoms with van der Waals surface area (Å²) in [4.78, 5) is 13.8. The molecule has 4 aliphatic heterocycles. The van der Waals surface area contributed by atoms with Crippen molar-refractivity contribution in [2.45, 2.75) is 20.1 Å². The number of benzene rings is 1. The number of aliphatic imine (C=N–C) groups is 2. The monoisotopic (exact) mass is 333 g/mol. The number of anilines is 2. The van der Waals surface area contributed by atoms with Gasteiger partial charge < -0.3 is 10.2 Å². The summed E-state index contributed by atoms with van der Waals surface area (Å²) in [7, 11) is 0. The third-order valence-electron chi connectivity index (χ3n) is 4.85. The van der Waals surface area contributed by atoms with Gasteiger partial charge in [-0.1, -0.05) is 0 Å². The molecule has 0 aromatic heterocycles. The van der Waals surface area contributed by atoms with E-state index in [-0.39, 0.29) is 18.7 Å². The van der Waals surface area contributed by atoms with Crippen LogP contribution in [0, 0.1) is 13.8 Å². The van der Waals surface area contributed by atoms with Gasteiger partial charge in [0.1, 0.15) is 0 Å². The maximum atomic E-state index is 4.70. The van der Waals surface area contributed by atoms with E-state index in [1.54, 1.807) is 0 Å². The second kappa shape index (κ2) is 4.92. The first-order chi connectivity index (χ1) is 10.7. The molecule has 0 amide bonds. The van der Waals surface area contributed by atoms with Crippen LogP contribution in [-0.2, 0) is 0 Å². The van der Waals surface area contributed by atoms with E-state index in [1.807, 2.05) is 0 Å². The molecule has 122 valence electrons. The fourth-order valence-corrected chi connectivity index (χ4v) is 3.56. The second-order valence-electron chi connectivity index (χ2n) is 6.19. The topological polar surface area (TPSA) is 58.5 Å². The Morgan fingerprint density at radius 3 is 2.74 bits per heavy atom. The molecule has 5 rings (SSSR count). The van der Waals surface area contributed by atoms with Crippen molar-refractivity contribution in [1.29, 1.82) is 0 Å². The molecule has 0 saturated carbocycles. The van der Waals surface area contributed by atoms with E-state index in [9.17, 15) is 0 Å². The van der Waals surface area contributed by atoms with Crippen molar-refractivity contribution in [3.63, 3.8) is 0 Å². The van der Waals surface area contributed by atoms with Crippen LogP contribution in [0.5, 0.6) is 0 Å². The van der Waals surface area contributed by atoms with Crippen LogP contribution in [-0.4, -0.2) is 54.2 Å². The normalized spacial score (nSPS) is 23.6. The SMILES string of the molecule is Cc1cc2c(cc1C)N1NC3=NCCN3C3=NCCN3C1N2.Cl. The molecular weight excluding hydrogens is 314 g/mol. The summed E-state index contributed by atoms with van der Waals surface area (Å²) in [6, 6.07) is 4.46. The molecule has 1 aromatic carbocycles. The molecule has 1 saturated heterocycles. The quantitative estimate of drug-likeness (QED) is 0.744. The summed E-state index contributed by atoms with van der Waals surface area (Å²) in [5.74, 6) is 1.94. The van der Waals surface area contributed by atoms with Crippen LogP contribution in [0.25, 0.3) is 0 Å². The fraction of sp³-hybridized carbons (Fsp3) is 0.467. The summed E-state index contributed by atoms with van der Waals surface area (Å²) in [6.07, 6.45) is 0.0470. The van der Waals surface area contributed by atoms with Crippen molar-refractivity contribution in [2.24, 2.45) is 9.98 Å². The Labute approximate surface area is 141 Å². The minimum absolute atomic E-state index is 0. The summed E-state index contributed by atoms with van der Waals surface area (Å²) in [6.45, 7) is 7.81. The van der Waals surface area contributed by atoms with Gasteiger partial charge in [0.2, 0.25) is 11.9 Å². The van der Waals surface area contributed by atoms with Gasteiger partial charge in [-0.3, -0.25) is 15.3 Å². The molecule has 0 bridgehead atoms. The number of hydrogen-bond donors (Lipinski definition) is 2. The molecule has 7 nitrogen and oxygen atoms in total. The maximum absolute atomic E-state index is 4.70. The maximum Gasteiger partial charge on any atom is 0.220 e. The van der Waals surface area contributed by atoms with Crippen molar-refractivity contribution in [3.8, 4) is 0 Å². The van der Waals surface area contributed by atoms with Gasteiger partial charge >= 0.3 is 0 Å². The lowest BCUT2D eigenvalue weighted by molar-refractivity contribution is 0.343. The summed E-state index contributed by atoms with van der Waals surface area (Å²) < 4.78 is 0. The molecule has 0 aliphatic carbocycles. The van der Waals surface area contributed by atoms with Gasteiger partial charge in [-0.25, -0.2) is 10.0 Å². The molecule has 0 radical (unpaired) electrons. The zero-order chi connectivity index (χ0) is 14.8. The molecule has 1 aromatic rings. The highest BCUT2D eigenvalue weighted by molar-refractivity contribution is 6.03. The minimum Gasteiger partial charge on any atom is -0.345 e. The zero-order valence-corrected chi connectivity index (χ0v) is 14.0. The van der Waals surface area contributed by atoms with Crippen molar-refractivity contribution in [1.82, 2.24) is 15.2 Å². The van der Waals surface area contributed by atoms with Gasteiger partial charge in [-0.05, 0) is 37.1 Å². The molecule has 0 spiro atoms. The van der Waals surface area contributed by atoms with E-state index in [2.05, 4.69) is 56.5 Å². The van der Waals surface area contributed by atoms with Crippen LogP contribution in [0.15, 0.2) is 22.1 Å². The number of rotatable bonds is 0. The Morgan fingerprint density at radius 1 is 1.09 bits per heavy atom. The first-order valence-electron chi connectivity index (χ1n) is 7.79. The van der Waals surface area contributed by atoms with Crippen LogP contribution in [0.4, 0.5) is 11.4 Å². The summed E-state index contributed by atoms with van der Waals surface area (Å²) in [5, 5.41) is 5.82. The minimum atomic E-state index is 0. The van der Waals surface area contributed by atoms with Gasteiger partial charge in [0.25, 0.3) is 0 Å². The van der Waals surface area contributed by atoms with Crippen molar-refractivity contribution in [3.05, 3.63) is 23.3 Å². The first-order valence-corrected chi connectivity index (χ1v) is 7.79. The molecule has 4 aliphatic rings. The average Bonchev–Trinajstić information content (AvgIpc) is 3.18. The van der Waals surface area contributed by atoms with Gasteiger partial charge in [0, 0.05) is 13.1 Å². The number of aryl methyl sites for hydroxylation is 2. The fourth-order valence-electron chi connectivity index (χ4n) is 3.56. The van der Waals surface area contributed by atoms with Gasteiger partial charge in [-0.15, -0.1) is 12.4 Å². The largest absolute Gasteiger partial charge is 0.345 e. The first kappa shape index (κ1) is 14.4. The van der Waals surface area contributed by atoms with Crippen molar-refractivity contribution >= 4 is 35.7 Å². The number of guanidine groups is 2. The highest BCUT2D eigenvalue weighted by Crippen LogP contribution is 2.38. The van der Waals surface area contributed by atoms with Crippen LogP contribution in [0.1, 0.15) is 11.1 Å². The molecular formula is C15H20ClN7. The second-order valence-corrected chi connectivity index (χ2v) is 6.19. The number of nitrogens with zero attached hydrogens (tertiary/aromatic N) is 5. The number of hydrogen-bond acceptors (Lipinski definition) is 7. The lowest BCUT2D eigenvalue weighted by atomic mass is 10.1. The third kappa shape index (κ3) is 1.89. The molecule has 23 heavy (non-hydrogen) atoms. The number of halogens is 1. The van der Waals surface area contributed by atoms with Crippen molar-refractivity contribution < 1.29 is 0 Å². The predicted octanol–water partition coefficient (Wildman–Crippen LogP) is 1.10. The Kier molecular flexibility index (Phi) is 3.09. The van der Waals surface area contributed by atoms with Crippen LogP contribution in [0.2, 0.25) is 0 Å². The zero-order valence-electron chi connectivity index (χ0n) is 13.2. The van der Waals surface area contributed by atoms with E-state index in [0.29, 0.717) is 0 Å². The van der Waals surface area contributed by atoms with E-state index < -0.39 is 0 Å². The lowest BCUT2D eigenvalue weighted by Crippen LogP contribution is -2.54. The van der Waals surface area contributed by atoms with E-state index in [1.165, 1.54) is 22.5 Å². The Hall–Kier alpha value is -2.15. The number of hydrazine groups is 1. The Bertz CT molecular complexity index is 729. The lowest BCUT2D eigenvalue weighted by Gasteiger charge is -2.31. The Balaban J connectivity index is 0.00000135. The van der Waals surface area contributed by atoms with Gasteiger partial charge in [-0.2, -0.15) is 0 Å². The summed E-state index contributed by atoms with van der Waals surface area (Å²) >= 11 is 0. The number of fused-ring (bicyclic) bond motifs is 7. The third-order valence-corrected chi connectivity index (χ3v) is 4.85. The molecule has 4 heterocycles. The standard InChI is InChI=1S/C15H19N7.ClH/c1-9-7-11-12(8-10(9)2)22-15(18-11)21-6-4-17-14(21)20-5-3-16-13(20)19-22;/h7-8,15,18H,3-6H2,1-2H3,(H,16,19);1H. The van der Waals surface area contributed by atoms with Crippen LogP contribution < -0.4 is 15.8 Å². The molecule has 8 heteroatoms. The van der Waals surface area contributed by atoms with Crippen LogP contribution >= 0.6 is 12.4 Å². The Morgan fingerprint density at radius 2 is 1.87 bits per heavy atom. The smallest absolute Gasteiger partial charge is 0.220 e. The number of nitrogens with one attached hydrogen (secondary N) is 2. The highest BCUT2D eigenvalue weighted by atomic mass is 35.5. The van der Waals surface area contributed by atoms with Crippen LogP contribution in [0.3, 0.4) is 0 Å². The van der Waals surface area contributed by atoms with Crippen molar-refractivity contribution in [2.75, 3.05) is 36.5 Å². The predicted molar refractivity (Wildman–Crippen MR) is 94.2 cm³/mol. The molecule has 2 N–H and O–H groups in total. The van der Waals surface area contributed by atoms with E-state index >= 15 is 0 Å². The summed E-state index contributed by atoms with van der Waals surface area (Å²) in [5.41, 5.74) is 8.44. The molecule has 1 atom stereocenters.